The molecular formula is C26H24FN7O2. The number of fused-ring (bicyclic) bond motifs is 1. The third kappa shape index (κ3) is 4.28. The zero-order valence-electron chi connectivity index (χ0n) is 19.4. The van der Waals surface area contributed by atoms with Crippen LogP contribution in [-0.2, 0) is 4.79 Å². The van der Waals surface area contributed by atoms with E-state index in [1.807, 2.05) is 4.40 Å². The van der Waals surface area contributed by atoms with Crippen molar-refractivity contribution in [3.05, 3.63) is 84.8 Å². The number of nitrogens with zero attached hydrogens (tertiary/aromatic N) is 5. The summed E-state index contributed by atoms with van der Waals surface area (Å²) in [4.78, 5) is 40.1. The number of nitrogens with two attached hydrogens (primary N) is 1. The highest BCUT2D eigenvalue weighted by molar-refractivity contribution is 6.04. The first-order valence-electron chi connectivity index (χ1n) is 11.5. The van der Waals surface area contributed by atoms with E-state index >= 15 is 0 Å². The second kappa shape index (κ2) is 9.57. The molecule has 1 aliphatic rings. The average molecular weight is 486 g/mol. The predicted molar refractivity (Wildman–Crippen MR) is 133 cm³/mol. The lowest BCUT2D eigenvalue weighted by Gasteiger charge is -2.34. The van der Waals surface area contributed by atoms with Crippen molar-refractivity contribution < 1.29 is 14.0 Å². The fourth-order valence-corrected chi connectivity index (χ4v) is 4.55. The average Bonchev–Trinajstić information content (AvgIpc) is 3.29. The number of carbonyl (C=O) groups excluding carboxylic acids is 2. The molecule has 2 amide bonds. The summed E-state index contributed by atoms with van der Waals surface area (Å²) in [5.74, 6) is 0.0836. The van der Waals surface area contributed by atoms with E-state index in [0.29, 0.717) is 35.0 Å². The van der Waals surface area contributed by atoms with E-state index in [1.165, 1.54) is 18.3 Å². The van der Waals surface area contributed by atoms with Gasteiger partial charge < -0.3 is 16.0 Å². The number of amides is 2. The van der Waals surface area contributed by atoms with Gasteiger partial charge in [-0.05, 0) is 43.5 Å². The number of halogens is 1. The van der Waals surface area contributed by atoms with Crippen LogP contribution in [0.25, 0.3) is 16.8 Å². The smallest absolute Gasteiger partial charge is 0.256 e. The summed E-state index contributed by atoms with van der Waals surface area (Å²) in [5, 5.41) is 2.58. The number of hydrogen-bond acceptors (Lipinski definition) is 6. The maximum absolute atomic E-state index is 13.4. The Hall–Kier alpha value is -4.60. The van der Waals surface area contributed by atoms with Crippen LogP contribution in [-0.4, -0.2) is 42.6 Å². The number of rotatable bonds is 5. The van der Waals surface area contributed by atoms with Gasteiger partial charge in [-0.3, -0.25) is 14.0 Å². The molecule has 182 valence electrons. The minimum absolute atomic E-state index is 0.124. The predicted octanol–water partition coefficient (Wildman–Crippen LogP) is 4.00. The molecule has 0 radical (unpaired) electrons. The summed E-state index contributed by atoms with van der Waals surface area (Å²) in [6.45, 7) is 4.27. The van der Waals surface area contributed by atoms with Gasteiger partial charge in [0, 0.05) is 42.3 Å². The van der Waals surface area contributed by atoms with Gasteiger partial charge in [-0.1, -0.05) is 18.7 Å². The normalized spacial score (nSPS) is 15.6. The number of nitrogens with one attached hydrogen (secondary N) is 1. The molecule has 1 aromatic carbocycles. The lowest BCUT2D eigenvalue weighted by Crippen LogP contribution is -2.38. The van der Waals surface area contributed by atoms with Gasteiger partial charge in [-0.25, -0.2) is 19.3 Å². The Kier molecular flexibility index (Phi) is 6.16. The Balaban J connectivity index is 1.50. The minimum atomic E-state index is -0.490. The second-order valence-corrected chi connectivity index (χ2v) is 8.49. The summed E-state index contributed by atoms with van der Waals surface area (Å²) in [5.41, 5.74) is 8.60. The molecule has 1 saturated heterocycles. The standard InChI is InChI=1S/C26H24FN7O2/c1-2-21(35)33-13-4-3-5-19(33)25-32-22(23-24(28)30-12-14-34(23)25)16-6-8-17(9-7-16)26(36)31-20-15-18(27)10-11-29-20/h2,6-12,14-15,19H,1,3-5,13H2,(H2,28,30)(H,29,31,36). The fourth-order valence-electron chi connectivity index (χ4n) is 4.55. The number of hydrogen-bond donors (Lipinski definition) is 2. The SMILES string of the molecule is C=CC(=O)N1CCCCC1c1nc(-c2ccc(C(=O)Nc3cc(F)ccn3)cc2)c2c(N)nccn12. The van der Waals surface area contributed by atoms with Crippen molar-refractivity contribution in [2.24, 2.45) is 0 Å². The third-order valence-corrected chi connectivity index (χ3v) is 6.25. The van der Waals surface area contributed by atoms with Crippen molar-refractivity contribution in [3.63, 3.8) is 0 Å². The van der Waals surface area contributed by atoms with Gasteiger partial charge in [0.25, 0.3) is 5.91 Å². The van der Waals surface area contributed by atoms with Crippen LogP contribution in [0, 0.1) is 5.82 Å². The van der Waals surface area contributed by atoms with E-state index in [9.17, 15) is 14.0 Å². The van der Waals surface area contributed by atoms with Gasteiger partial charge in [0.15, 0.2) is 0 Å². The zero-order chi connectivity index (χ0) is 25.2. The van der Waals surface area contributed by atoms with Crippen LogP contribution in [0.1, 0.15) is 41.5 Å². The molecule has 0 aliphatic carbocycles. The molecule has 9 nitrogen and oxygen atoms in total. The maximum atomic E-state index is 13.4. The highest BCUT2D eigenvalue weighted by atomic mass is 19.1. The first-order valence-corrected chi connectivity index (χ1v) is 11.5. The van der Waals surface area contributed by atoms with Crippen molar-refractivity contribution in [3.8, 4) is 11.3 Å². The maximum Gasteiger partial charge on any atom is 0.256 e. The quantitative estimate of drug-likeness (QED) is 0.413. The molecule has 0 bridgehead atoms. The summed E-state index contributed by atoms with van der Waals surface area (Å²) in [6, 6.07) is 8.95. The van der Waals surface area contributed by atoms with E-state index in [1.54, 1.807) is 41.6 Å². The van der Waals surface area contributed by atoms with Gasteiger partial charge in [-0.2, -0.15) is 0 Å². The van der Waals surface area contributed by atoms with Crippen molar-refractivity contribution in [2.75, 3.05) is 17.6 Å². The number of pyridine rings is 1. The Morgan fingerprint density at radius 3 is 2.69 bits per heavy atom. The fraction of sp³-hybridized carbons (Fsp3) is 0.192. The van der Waals surface area contributed by atoms with Crippen LogP contribution in [0.3, 0.4) is 0 Å². The summed E-state index contributed by atoms with van der Waals surface area (Å²) >= 11 is 0. The summed E-state index contributed by atoms with van der Waals surface area (Å²) in [6.07, 6.45) is 8.67. The molecule has 4 heterocycles. The van der Waals surface area contributed by atoms with E-state index in [2.05, 4.69) is 21.9 Å². The van der Waals surface area contributed by atoms with E-state index in [0.717, 1.165) is 30.9 Å². The molecule has 3 aromatic heterocycles. The number of benzene rings is 1. The number of aromatic nitrogens is 4. The largest absolute Gasteiger partial charge is 0.382 e. The van der Waals surface area contributed by atoms with E-state index < -0.39 is 11.7 Å². The number of imidazole rings is 1. The van der Waals surface area contributed by atoms with E-state index in [4.69, 9.17) is 10.7 Å². The molecule has 5 rings (SSSR count). The lowest BCUT2D eigenvalue weighted by atomic mass is 10.0. The Morgan fingerprint density at radius 2 is 1.94 bits per heavy atom. The van der Waals surface area contributed by atoms with Gasteiger partial charge in [-0.15, -0.1) is 0 Å². The lowest BCUT2D eigenvalue weighted by molar-refractivity contribution is -0.129. The van der Waals surface area contributed by atoms with Crippen molar-refractivity contribution >= 4 is 29.0 Å². The van der Waals surface area contributed by atoms with Crippen molar-refractivity contribution in [2.45, 2.75) is 25.3 Å². The highest BCUT2D eigenvalue weighted by Crippen LogP contribution is 2.36. The molecule has 1 atom stereocenters. The summed E-state index contributed by atoms with van der Waals surface area (Å²) in [7, 11) is 0. The van der Waals surface area contributed by atoms with Gasteiger partial charge >= 0.3 is 0 Å². The van der Waals surface area contributed by atoms with Crippen molar-refractivity contribution in [1.82, 2.24) is 24.3 Å². The Bertz CT molecular complexity index is 1470. The minimum Gasteiger partial charge on any atom is -0.382 e. The third-order valence-electron chi connectivity index (χ3n) is 6.25. The van der Waals surface area contributed by atoms with Crippen LogP contribution in [0.4, 0.5) is 16.0 Å². The Morgan fingerprint density at radius 1 is 1.14 bits per heavy atom. The molecule has 1 unspecified atom stereocenters. The molecule has 0 saturated carbocycles. The van der Waals surface area contributed by atoms with E-state index in [-0.39, 0.29) is 17.8 Å². The van der Waals surface area contributed by atoms with Crippen molar-refractivity contribution in [1.29, 1.82) is 0 Å². The molecule has 1 aliphatic heterocycles. The number of likely N-dealkylation sites (tertiary alicyclic amines) is 1. The molecule has 1 fully saturated rings. The summed E-state index contributed by atoms with van der Waals surface area (Å²) < 4.78 is 15.3. The Labute approximate surface area is 206 Å². The van der Waals surface area contributed by atoms with Crippen LogP contribution in [0.5, 0.6) is 0 Å². The van der Waals surface area contributed by atoms with Crippen LogP contribution >= 0.6 is 0 Å². The molecule has 3 N–H and O–H groups in total. The molecular weight excluding hydrogens is 461 g/mol. The second-order valence-electron chi connectivity index (χ2n) is 8.49. The first-order chi connectivity index (χ1) is 17.5. The monoisotopic (exact) mass is 485 g/mol. The number of nitrogen functional groups attached to an aromatic ring is 1. The van der Waals surface area contributed by atoms with Crippen LogP contribution < -0.4 is 11.1 Å². The molecule has 4 aromatic rings. The van der Waals surface area contributed by atoms with Crippen LogP contribution in [0.15, 0.2) is 67.6 Å². The number of piperidine rings is 1. The number of anilines is 2. The van der Waals surface area contributed by atoms with Crippen LogP contribution in [0.2, 0.25) is 0 Å². The van der Waals surface area contributed by atoms with Gasteiger partial charge in [0.2, 0.25) is 5.91 Å². The highest BCUT2D eigenvalue weighted by Gasteiger charge is 2.31. The van der Waals surface area contributed by atoms with Gasteiger partial charge in [0.05, 0.1) is 6.04 Å². The molecule has 10 heteroatoms. The molecule has 0 spiro atoms. The molecule has 36 heavy (non-hydrogen) atoms. The first kappa shape index (κ1) is 23.2. The zero-order valence-corrected chi connectivity index (χ0v) is 19.4. The topological polar surface area (TPSA) is 119 Å². The number of carbonyl (C=O) groups is 2. The van der Waals surface area contributed by atoms with Gasteiger partial charge in [0.1, 0.15) is 34.5 Å².